The van der Waals surface area contributed by atoms with Gasteiger partial charge in [-0.05, 0) is 23.8 Å². The first-order valence-corrected chi connectivity index (χ1v) is 6.60. The molecule has 5 heteroatoms. The highest BCUT2D eigenvalue weighted by Gasteiger charge is 2.06. The van der Waals surface area contributed by atoms with Crippen molar-refractivity contribution in [2.24, 2.45) is 0 Å². The molecule has 0 radical (unpaired) electrons. The highest BCUT2D eigenvalue weighted by Crippen LogP contribution is 2.31. The lowest BCUT2D eigenvalue weighted by Crippen LogP contribution is -2.08. The summed E-state index contributed by atoms with van der Waals surface area (Å²) in [4.78, 5) is 11.8. The molecule has 0 fully saturated rings. The Bertz CT molecular complexity index is 631. The Balaban J connectivity index is 2.07. The minimum atomic E-state index is -0.272. The Morgan fingerprint density at radius 2 is 1.70 bits per heavy atom. The van der Waals surface area contributed by atoms with E-state index in [2.05, 4.69) is 5.32 Å². The van der Waals surface area contributed by atoms with E-state index in [1.807, 2.05) is 30.3 Å². The van der Waals surface area contributed by atoms with Gasteiger partial charge in [-0.2, -0.15) is 0 Å². The van der Waals surface area contributed by atoms with Gasteiger partial charge >= 0.3 is 0 Å². The van der Waals surface area contributed by atoms with Crippen LogP contribution in [-0.2, 0) is 4.79 Å². The number of nitrogen functional groups attached to an aromatic ring is 1. The molecule has 0 atom stereocenters. The summed E-state index contributed by atoms with van der Waals surface area (Å²) in [5.74, 6) is -0.272. The molecule has 0 aliphatic carbocycles. The van der Waals surface area contributed by atoms with Crippen molar-refractivity contribution < 1.29 is 4.79 Å². The molecule has 0 aromatic heterocycles. The summed E-state index contributed by atoms with van der Waals surface area (Å²) in [6.45, 7) is 0. The number of amides is 1. The predicted molar refractivity (Wildman–Crippen MR) is 85.0 cm³/mol. The molecule has 20 heavy (non-hydrogen) atoms. The van der Waals surface area contributed by atoms with Crippen LogP contribution in [0, 0.1) is 0 Å². The fourth-order valence-corrected chi connectivity index (χ4v) is 2.06. The standard InChI is InChI=1S/C15H12Cl2N2O/c16-12-8-11(9-13(17)15(12)18)19-14(20)7-6-10-4-2-1-3-5-10/h1-9H,18H2,(H,19,20)/b7-6+. The summed E-state index contributed by atoms with van der Waals surface area (Å²) < 4.78 is 0. The van der Waals surface area contributed by atoms with Crippen molar-refractivity contribution in [1.82, 2.24) is 0 Å². The van der Waals surface area contributed by atoms with E-state index in [0.717, 1.165) is 5.56 Å². The maximum absolute atomic E-state index is 11.8. The predicted octanol–water partition coefficient (Wildman–Crippen LogP) is 4.23. The number of hydrogen-bond acceptors (Lipinski definition) is 2. The van der Waals surface area contributed by atoms with E-state index in [-0.39, 0.29) is 5.91 Å². The monoisotopic (exact) mass is 306 g/mol. The van der Waals surface area contributed by atoms with Gasteiger partial charge in [0.1, 0.15) is 0 Å². The lowest BCUT2D eigenvalue weighted by molar-refractivity contribution is -0.111. The summed E-state index contributed by atoms with van der Waals surface area (Å²) in [7, 11) is 0. The van der Waals surface area contributed by atoms with E-state index in [1.54, 1.807) is 18.2 Å². The second-order valence-corrected chi connectivity index (χ2v) is 4.90. The van der Waals surface area contributed by atoms with Crippen molar-refractivity contribution in [3.63, 3.8) is 0 Å². The summed E-state index contributed by atoms with van der Waals surface area (Å²) in [5, 5.41) is 3.28. The minimum Gasteiger partial charge on any atom is -0.396 e. The Morgan fingerprint density at radius 3 is 2.30 bits per heavy atom. The van der Waals surface area contributed by atoms with Crippen molar-refractivity contribution in [3.8, 4) is 0 Å². The molecule has 2 rings (SSSR count). The molecule has 0 saturated heterocycles. The van der Waals surface area contributed by atoms with Gasteiger partial charge in [0.2, 0.25) is 5.91 Å². The highest BCUT2D eigenvalue weighted by molar-refractivity contribution is 6.39. The molecule has 0 bridgehead atoms. The van der Waals surface area contributed by atoms with Crippen LogP contribution in [0.2, 0.25) is 10.0 Å². The van der Waals surface area contributed by atoms with E-state index in [1.165, 1.54) is 6.08 Å². The van der Waals surface area contributed by atoms with Crippen molar-refractivity contribution in [2.45, 2.75) is 0 Å². The molecule has 0 spiro atoms. The Labute approximate surface area is 127 Å². The molecule has 0 aliphatic rings. The van der Waals surface area contributed by atoms with Gasteiger partial charge < -0.3 is 11.1 Å². The fraction of sp³-hybridized carbons (Fsp3) is 0. The second-order valence-electron chi connectivity index (χ2n) is 4.09. The Kier molecular flexibility index (Phi) is 4.66. The average Bonchev–Trinajstić information content (AvgIpc) is 2.43. The first-order chi connectivity index (χ1) is 9.56. The Hall–Kier alpha value is -1.97. The van der Waals surface area contributed by atoms with Crippen LogP contribution in [0.15, 0.2) is 48.5 Å². The third-order valence-corrected chi connectivity index (χ3v) is 3.20. The molecular weight excluding hydrogens is 295 g/mol. The number of hydrogen-bond donors (Lipinski definition) is 2. The van der Waals surface area contributed by atoms with Gasteiger partial charge in [-0.3, -0.25) is 4.79 Å². The van der Waals surface area contributed by atoms with Crippen LogP contribution < -0.4 is 11.1 Å². The van der Waals surface area contributed by atoms with Gasteiger partial charge in [-0.15, -0.1) is 0 Å². The normalized spacial score (nSPS) is 10.7. The van der Waals surface area contributed by atoms with Crippen LogP contribution in [0.4, 0.5) is 11.4 Å². The van der Waals surface area contributed by atoms with Crippen LogP contribution in [0.5, 0.6) is 0 Å². The highest BCUT2D eigenvalue weighted by atomic mass is 35.5. The molecule has 0 saturated carbocycles. The molecule has 2 aromatic rings. The van der Waals surface area contributed by atoms with Gasteiger partial charge in [-0.25, -0.2) is 0 Å². The third kappa shape index (κ3) is 3.76. The molecule has 0 unspecified atom stereocenters. The van der Waals surface area contributed by atoms with Gasteiger partial charge in [0.15, 0.2) is 0 Å². The van der Waals surface area contributed by atoms with Crippen LogP contribution in [-0.4, -0.2) is 5.91 Å². The van der Waals surface area contributed by atoms with Crippen LogP contribution >= 0.6 is 23.2 Å². The van der Waals surface area contributed by atoms with Crippen molar-refractivity contribution in [2.75, 3.05) is 11.1 Å². The van der Waals surface area contributed by atoms with Gasteiger partial charge in [-0.1, -0.05) is 53.5 Å². The number of anilines is 2. The number of nitrogens with two attached hydrogens (primary N) is 1. The fourth-order valence-electron chi connectivity index (χ4n) is 1.58. The molecular formula is C15H12Cl2N2O. The van der Waals surface area contributed by atoms with Crippen LogP contribution in [0.1, 0.15) is 5.56 Å². The number of benzene rings is 2. The number of carbonyl (C=O) groups excluding carboxylic acids is 1. The molecule has 1 amide bonds. The summed E-state index contributed by atoms with van der Waals surface area (Å²) in [6, 6.07) is 12.6. The minimum absolute atomic E-state index is 0.272. The smallest absolute Gasteiger partial charge is 0.248 e. The van der Waals surface area contributed by atoms with E-state index < -0.39 is 0 Å². The lowest BCUT2D eigenvalue weighted by atomic mass is 10.2. The number of carbonyl (C=O) groups is 1. The average molecular weight is 307 g/mol. The largest absolute Gasteiger partial charge is 0.396 e. The summed E-state index contributed by atoms with van der Waals surface area (Å²) in [6.07, 6.45) is 3.16. The van der Waals surface area contributed by atoms with Crippen molar-refractivity contribution in [1.29, 1.82) is 0 Å². The lowest BCUT2D eigenvalue weighted by Gasteiger charge is -2.06. The summed E-state index contributed by atoms with van der Waals surface area (Å²) in [5.41, 5.74) is 7.36. The van der Waals surface area contributed by atoms with Crippen molar-refractivity contribution in [3.05, 3.63) is 64.1 Å². The van der Waals surface area contributed by atoms with E-state index in [0.29, 0.717) is 21.4 Å². The van der Waals surface area contributed by atoms with Gasteiger partial charge in [0.05, 0.1) is 15.7 Å². The number of rotatable bonds is 3. The topological polar surface area (TPSA) is 55.1 Å². The second kappa shape index (κ2) is 6.46. The third-order valence-electron chi connectivity index (χ3n) is 2.57. The molecule has 2 aromatic carbocycles. The maximum Gasteiger partial charge on any atom is 0.248 e. The van der Waals surface area contributed by atoms with E-state index in [4.69, 9.17) is 28.9 Å². The van der Waals surface area contributed by atoms with E-state index in [9.17, 15) is 4.79 Å². The van der Waals surface area contributed by atoms with E-state index >= 15 is 0 Å². The van der Waals surface area contributed by atoms with Gasteiger partial charge in [0, 0.05) is 11.8 Å². The summed E-state index contributed by atoms with van der Waals surface area (Å²) >= 11 is 11.8. The zero-order chi connectivity index (χ0) is 14.5. The molecule has 3 N–H and O–H groups in total. The molecule has 3 nitrogen and oxygen atoms in total. The number of halogens is 2. The first kappa shape index (κ1) is 14.4. The van der Waals surface area contributed by atoms with Gasteiger partial charge in [0.25, 0.3) is 0 Å². The van der Waals surface area contributed by atoms with Crippen LogP contribution in [0.25, 0.3) is 6.08 Å². The van der Waals surface area contributed by atoms with Crippen LogP contribution in [0.3, 0.4) is 0 Å². The quantitative estimate of drug-likeness (QED) is 0.658. The zero-order valence-electron chi connectivity index (χ0n) is 10.4. The molecule has 102 valence electrons. The number of nitrogens with one attached hydrogen (secondary N) is 1. The van der Waals surface area contributed by atoms with Crippen molar-refractivity contribution >= 4 is 46.6 Å². The SMILES string of the molecule is Nc1c(Cl)cc(NC(=O)/C=C/c2ccccc2)cc1Cl. The molecule has 0 aliphatic heterocycles. The Morgan fingerprint density at radius 1 is 1.10 bits per heavy atom. The maximum atomic E-state index is 11.8. The first-order valence-electron chi connectivity index (χ1n) is 5.85. The molecule has 0 heterocycles. The zero-order valence-corrected chi connectivity index (χ0v) is 11.9.